The molecule has 15 heavy (non-hydrogen) atoms. The van der Waals surface area contributed by atoms with Crippen LogP contribution in [0.15, 0.2) is 22.9 Å². The maximum atomic E-state index is 10.8. The molecule has 0 aliphatic carbocycles. The van der Waals surface area contributed by atoms with Crippen LogP contribution in [0.3, 0.4) is 0 Å². The monoisotopic (exact) mass is 272 g/mol. The van der Waals surface area contributed by atoms with Gasteiger partial charge in [0.1, 0.15) is 0 Å². The minimum Gasteiger partial charge on any atom is -0.463 e. The van der Waals surface area contributed by atoms with E-state index in [1.807, 2.05) is 6.07 Å². The number of hydrogen-bond donors (Lipinski definition) is 1. The molecule has 1 fully saturated rings. The van der Waals surface area contributed by atoms with Gasteiger partial charge in [-0.2, -0.15) is 5.06 Å². The Morgan fingerprint density at radius 1 is 1.67 bits per heavy atom. The summed E-state index contributed by atoms with van der Waals surface area (Å²) in [7, 11) is 0. The van der Waals surface area contributed by atoms with Crippen LogP contribution in [0, 0.1) is 0 Å². The number of hydrogen-bond acceptors (Lipinski definition) is 3. The van der Waals surface area contributed by atoms with Crippen molar-refractivity contribution in [2.24, 2.45) is 0 Å². The SMILES string of the molecule is O=C(O)N1OCC[C@H]1c1cncc(Br)c1. The topological polar surface area (TPSA) is 62.7 Å². The Balaban J connectivity index is 2.26. The van der Waals surface area contributed by atoms with E-state index in [1.165, 1.54) is 0 Å². The molecule has 1 saturated heterocycles. The minimum absolute atomic E-state index is 0.257. The molecule has 1 atom stereocenters. The van der Waals surface area contributed by atoms with E-state index >= 15 is 0 Å². The van der Waals surface area contributed by atoms with Gasteiger partial charge in [-0.1, -0.05) is 0 Å². The normalized spacial score (nSPS) is 20.6. The van der Waals surface area contributed by atoms with Gasteiger partial charge < -0.3 is 5.11 Å². The molecule has 2 rings (SSSR count). The van der Waals surface area contributed by atoms with Crippen molar-refractivity contribution in [2.45, 2.75) is 12.5 Å². The molecule has 1 N–H and O–H groups in total. The number of rotatable bonds is 1. The lowest BCUT2D eigenvalue weighted by Gasteiger charge is -2.19. The van der Waals surface area contributed by atoms with Gasteiger partial charge in [-0.3, -0.25) is 9.82 Å². The van der Waals surface area contributed by atoms with E-state index in [-0.39, 0.29) is 6.04 Å². The zero-order valence-electron chi connectivity index (χ0n) is 7.76. The molecule has 1 aromatic rings. The van der Waals surface area contributed by atoms with Gasteiger partial charge in [-0.05, 0) is 27.6 Å². The van der Waals surface area contributed by atoms with E-state index in [1.54, 1.807) is 12.4 Å². The van der Waals surface area contributed by atoms with Crippen molar-refractivity contribution in [1.29, 1.82) is 0 Å². The van der Waals surface area contributed by atoms with Gasteiger partial charge in [0.2, 0.25) is 0 Å². The first-order valence-electron chi connectivity index (χ1n) is 4.44. The summed E-state index contributed by atoms with van der Waals surface area (Å²) < 4.78 is 0.831. The average molecular weight is 273 g/mol. The highest BCUT2D eigenvalue weighted by molar-refractivity contribution is 9.10. The fourth-order valence-electron chi connectivity index (χ4n) is 1.57. The van der Waals surface area contributed by atoms with Crippen LogP contribution in [0.5, 0.6) is 0 Å². The summed E-state index contributed by atoms with van der Waals surface area (Å²) in [5.74, 6) is 0. The van der Waals surface area contributed by atoms with Crippen molar-refractivity contribution in [3.8, 4) is 0 Å². The summed E-state index contributed by atoms with van der Waals surface area (Å²) in [5.41, 5.74) is 0.837. The molecule has 0 bridgehead atoms. The molecule has 0 spiro atoms. The van der Waals surface area contributed by atoms with Crippen LogP contribution in [0.2, 0.25) is 0 Å². The summed E-state index contributed by atoms with van der Waals surface area (Å²) >= 11 is 3.30. The van der Waals surface area contributed by atoms with Gasteiger partial charge in [-0.25, -0.2) is 4.79 Å². The molecule has 1 aromatic heterocycles. The quantitative estimate of drug-likeness (QED) is 0.852. The van der Waals surface area contributed by atoms with Crippen molar-refractivity contribution < 1.29 is 14.7 Å². The number of halogens is 1. The molecule has 0 unspecified atom stereocenters. The van der Waals surface area contributed by atoms with E-state index in [9.17, 15) is 4.79 Å². The summed E-state index contributed by atoms with van der Waals surface area (Å²) in [5, 5.41) is 9.86. The molecular weight excluding hydrogens is 264 g/mol. The number of hydroxylamine groups is 2. The molecule has 1 amide bonds. The Morgan fingerprint density at radius 2 is 2.47 bits per heavy atom. The average Bonchev–Trinajstić information content (AvgIpc) is 2.65. The number of pyridine rings is 1. The number of amides is 1. The minimum atomic E-state index is -1.07. The number of carbonyl (C=O) groups is 1. The third-order valence-corrected chi connectivity index (χ3v) is 2.64. The van der Waals surface area contributed by atoms with E-state index in [4.69, 9.17) is 9.94 Å². The van der Waals surface area contributed by atoms with Gasteiger partial charge >= 0.3 is 6.09 Å². The van der Waals surface area contributed by atoms with E-state index in [0.29, 0.717) is 13.0 Å². The van der Waals surface area contributed by atoms with Crippen LogP contribution < -0.4 is 0 Å². The highest BCUT2D eigenvalue weighted by Crippen LogP contribution is 2.30. The summed E-state index contributed by atoms with van der Waals surface area (Å²) in [6.45, 7) is 0.420. The van der Waals surface area contributed by atoms with Crippen molar-refractivity contribution in [1.82, 2.24) is 10.0 Å². The molecule has 1 aliphatic rings. The van der Waals surface area contributed by atoms with Crippen LogP contribution in [-0.2, 0) is 4.84 Å². The van der Waals surface area contributed by atoms with E-state index < -0.39 is 6.09 Å². The highest BCUT2D eigenvalue weighted by Gasteiger charge is 2.31. The van der Waals surface area contributed by atoms with Crippen LogP contribution in [-0.4, -0.2) is 27.9 Å². The van der Waals surface area contributed by atoms with Crippen LogP contribution in [0.25, 0.3) is 0 Å². The number of aromatic nitrogens is 1. The molecule has 0 saturated carbocycles. The van der Waals surface area contributed by atoms with Gasteiger partial charge in [0, 0.05) is 23.3 Å². The first kappa shape index (κ1) is 10.4. The Labute approximate surface area is 94.8 Å². The predicted octanol–water partition coefficient (Wildman–Crippen LogP) is 2.20. The maximum Gasteiger partial charge on any atom is 0.432 e. The van der Waals surface area contributed by atoms with Crippen molar-refractivity contribution in [2.75, 3.05) is 6.61 Å². The summed E-state index contributed by atoms with van der Waals surface area (Å²) in [6.07, 6.45) is 2.90. The second-order valence-electron chi connectivity index (χ2n) is 3.18. The number of carboxylic acid groups (broad SMARTS) is 1. The molecule has 2 heterocycles. The fraction of sp³-hybridized carbons (Fsp3) is 0.333. The molecular formula is C9H9BrN2O3. The lowest BCUT2D eigenvalue weighted by atomic mass is 10.1. The van der Waals surface area contributed by atoms with Gasteiger partial charge in [0.05, 0.1) is 12.6 Å². The Kier molecular flexibility index (Phi) is 2.88. The van der Waals surface area contributed by atoms with Crippen molar-refractivity contribution >= 4 is 22.0 Å². The van der Waals surface area contributed by atoms with Crippen molar-refractivity contribution in [3.05, 3.63) is 28.5 Å². The highest BCUT2D eigenvalue weighted by atomic mass is 79.9. The zero-order chi connectivity index (χ0) is 10.8. The first-order chi connectivity index (χ1) is 7.18. The standard InChI is InChI=1S/C9H9BrN2O3/c10-7-3-6(4-11-5-7)8-1-2-15-12(8)9(13)14/h3-5,8H,1-2H2,(H,13,14)/t8-/m0/s1. The van der Waals surface area contributed by atoms with E-state index in [2.05, 4.69) is 20.9 Å². The zero-order valence-corrected chi connectivity index (χ0v) is 9.35. The molecule has 6 heteroatoms. The summed E-state index contributed by atoms with van der Waals surface area (Å²) in [4.78, 5) is 19.9. The molecule has 80 valence electrons. The molecule has 0 radical (unpaired) electrons. The fourth-order valence-corrected chi connectivity index (χ4v) is 1.95. The lowest BCUT2D eigenvalue weighted by molar-refractivity contribution is -0.104. The second-order valence-corrected chi connectivity index (χ2v) is 4.10. The largest absolute Gasteiger partial charge is 0.463 e. The predicted molar refractivity (Wildman–Crippen MR) is 55.1 cm³/mol. The lowest BCUT2D eigenvalue weighted by Crippen LogP contribution is -2.27. The molecule has 0 aromatic carbocycles. The Bertz CT molecular complexity index is 385. The third-order valence-electron chi connectivity index (χ3n) is 2.20. The second kappa shape index (κ2) is 4.16. The van der Waals surface area contributed by atoms with Gasteiger partial charge in [0.15, 0.2) is 0 Å². The first-order valence-corrected chi connectivity index (χ1v) is 5.23. The molecule has 5 nitrogen and oxygen atoms in total. The third kappa shape index (κ3) is 2.10. The number of nitrogens with zero attached hydrogens (tertiary/aromatic N) is 2. The van der Waals surface area contributed by atoms with E-state index in [0.717, 1.165) is 15.1 Å². The molecule has 1 aliphatic heterocycles. The summed E-state index contributed by atoms with van der Waals surface area (Å²) in [6, 6.07) is 1.59. The van der Waals surface area contributed by atoms with Crippen molar-refractivity contribution in [3.63, 3.8) is 0 Å². The van der Waals surface area contributed by atoms with Gasteiger partial charge in [0.25, 0.3) is 0 Å². The van der Waals surface area contributed by atoms with Crippen LogP contribution in [0.1, 0.15) is 18.0 Å². The van der Waals surface area contributed by atoms with Gasteiger partial charge in [-0.15, -0.1) is 0 Å². The Morgan fingerprint density at radius 3 is 3.13 bits per heavy atom. The smallest absolute Gasteiger partial charge is 0.432 e. The van der Waals surface area contributed by atoms with Crippen LogP contribution in [0.4, 0.5) is 4.79 Å². The van der Waals surface area contributed by atoms with Crippen LogP contribution >= 0.6 is 15.9 Å². The maximum absolute atomic E-state index is 10.8. The Hall–Kier alpha value is -1.14.